The summed E-state index contributed by atoms with van der Waals surface area (Å²) in [6.07, 6.45) is 0. The van der Waals surface area contributed by atoms with E-state index in [1.807, 2.05) is 18.2 Å². The van der Waals surface area contributed by atoms with Crippen molar-refractivity contribution in [2.45, 2.75) is 39.5 Å². The smallest absolute Gasteiger partial charge is 0.124 e. The number of rotatable bonds is 5. The van der Waals surface area contributed by atoms with Crippen molar-refractivity contribution in [2.24, 2.45) is 0 Å². The minimum atomic E-state index is 0.0538. The summed E-state index contributed by atoms with van der Waals surface area (Å²) >= 11 is 11.2. The molecule has 2 aromatic rings. The molecule has 0 bridgehead atoms. The van der Waals surface area contributed by atoms with Gasteiger partial charge in [-0.05, 0) is 61.0 Å². The van der Waals surface area contributed by atoms with Crippen LogP contribution in [-0.4, -0.2) is 5.54 Å². The fourth-order valence-electron chi connectivity index (χ4n) is 1.77. The second kappa shape index (κ2) is 7.14. The van der Waals surface area contributed by atoms with Gasteiger partial charge in [0.05, 0.1) is 0 Å². The van der Waals surface area contributed by atoms with E-state index in [4.69, 9.17) is 16.3 Å². The molecule has 0 aliphatic heterocycles. The third kappa shape index (κ3) is 5.62. The molecule has 0 amide bonds. The molecule has 0 saturated carbocycles. The standard InChI is InChI=1S/C16H19BrClNOS/c1-16(2,3)19-8-11-6-13(18)4-5-15(11)20-9-14-7-12(17)10-21-14/h4-7,10,19H,8-9H2,1-3H3. The van der Waals surface area contributed by atoms with Gasteiger partial charge in [0.1, 0.15) is 12.4 Å². The SMILES string of the molecule is CC(C)(C)NCc1cc(Cl)ccc1OCc1cc(Br)cs1. The van der Waals surface area contributed by atoms with Crippen molar-refractivity contribution in [1.82, 2.24) is 5.32 Å². The fraction of sp³-hybridized carbons (Fsp3) is 0.375. The third-order valence-electron chi connectivity index (χ3n) is 2.82. The molecule has 0 spiro atoms. The van der Waals surface area contributed by atoms with Gasteiger partial charge in [-0.15, -0.1) is 11.3 Å². The van der Waals surface area contributed by atoms with E-state index in [1.165, 1.54) is 4.88 Å². The molecular formula is C16H19BrClNOS. The second-order valence-corrected chi connectivity index (χ2v) is 8.22. The molecule has 0 aliphatic rings. The van der Waals surface area contributed by atoms with Crippen LogP contribution in [0.25, 0.3) is 0 Å². The summed E-state index contributed by atoms with van der Waals surface area (Å²) in [5.41, 5.74) is 1.13. The van der Waals surface area contributed by atoms with Crippen LogP contribution >= 0.6 is 38.9 Å². The monoisotopic (exact) mass is 387 g/mol. The average molecular weight is 389 g/mol. The predicted molar refractivity (Wildman–Crippen MR) is 94.4 cm³/mol. The van der Waals surface area contributed by atoms with E-state index in [1.54, 1.807) is 11.3 Å². The summed E-state index contributed by atoms with van der Waals surface area (Å²) < 4.78 is 7.04. The summed E-state index contributed by atoms with van der Waals surface area (Å²) in [5.74, 6) is 0.876. The molecule has 2 rings (SSSR count). The van der Waals surface area contributed by atoms with Gasteiger partial charge in [-0.3, -0.25) is 0 Å². The van der Waals surface area contributed by atoms with Gasteiger partial charge in [0.25, 0.3) is 0 Å². The Morgan fingerprint density at radius 1 is 1.29 bits per heavy atom. The lowest BCUT2D eigenvalue weighted by atomic mass is 10.1. The maximum Gasteiger partial charge on any atom is 0.124 e. The van der Waals surface area contributed by atoms with E-state index in [2.05, 4.69) is 53.5 Å². The van der Waals surface area contributed by atoms with Crippen molar-refractivity contribution in [3.63, 3.8) is 0 Å². The van der Waals surface area contributed by atoms with Gasteiger partial charge in [-0.2, -0.15) is 0 Å². The number of ether oxygens (including phenoxy) is 1. The van der Waals surface area contributed by atoms with Gasteiger partial charge >= 0.3 is 0 Å². The molecule has 5 heteroatoms. The second-order valence-electron chi connectivity index (χ2n) is 5.88. The van der Waals surface area contributed by atoms with Crippen molar-refractivity contribution in [1.29, 1.82) is 0 Å². The summed E-state index contributed by atoms with van der Waals surface area (Å²) in [7, 11) is 0. The fourth-order valence-corrected chi connectivity index (χ4v) is 3.32. The minimum absolute atomic E-state index is 0.0538. The van der Waals surface area contributed by atoms with Crippen LogP contribution in [0.5, 0.6) is 5.75 Å². The number of hydrogen-bond donors (Lipinski definition) is 1. The highest BCUT2D eigenvalue weighted by Gasteiger charge is 2.12. The van der Waals surface area contributed by atoms with E-state index >= 15 is 0 Å². The van der Waals surface area contributed by atoms with Crippen LogP contribution in [0.4, 0.5) is 0 Å². The lowest BCUT2D eigenvalue weighted by Gasteiger charge is -2.21. The van der Waals surface area contributed by atoms with E-state index in [0.717, 1.165) is 27.4 Å². The zero-order valence-electron chi connectivity index (χ0n) is 12.4. The Kier molecular flexibility index (Phi) is 5.72. The van der Waals surface area contributed by atoms with Crippen LogP contribution in [0, 0.1) is 0 Å². The summed E-state index contributed by atoms with van der Waals surface area (Å²) in [4.78, 5) is 1.19. The first-order valence-electron chi connectivity index (χ1n) is 6.73. The van der Waals surface area contributed by atoms with Crippen molar-refractivity contribution in [2.75, 3.05) is 0 Å². The predicted octanol–water partition coefficient (Wildman–Crippen LogP) is 5.63. The Bertz CT molecular complexity index is 607. The highest BCUT2D eigenvalue weighted by molar-refractivity contribution is 9.10. The molecule has 0 unspecified atom stereocenters. The minimum Gasteiger partial charge on any atom is -0.488 e. The van der Waals surface area contributed by atoms with E-state index in [9.17, 15) is 0 Å². The molecule has 2 nitrogen and oxygen atoms in total. The molecule has 0 fully saturated rings. The zero-order valence-corrected chi connectivity index (χ0v) is 15.5. The van der Waals surface area contributed by atoms with E-state index < -0.39 is 0 Å². The Morgan fingerprint density at radius 3 is 2.67 bits per heavy atom. The quantitative estimate of drug-likeness (QED) is 0.716. The van der Waals surface area contributed by atoms with Crippen LogP contribution in [0.2, 0.25) is 5.02 Å². The maximum absolute atomic E-state index is 6.10. The van der Waals surface area contributed by atoms with Crippen LogP contribution < -0.4 is 10.1 Å². The lowest BCUT2D eigenvalue weighted by Crippen LogP contribution is -2.35. The van der Waals surface area contributed by atoms with Crippen LogP contribution in [0.3, 0.4) is 0 Å². The van der Waals surface area contributed by atoms with Gasteiger partial charge in [0, 0.05) is 37.4 Å². The zero-order chi connectivity index (χ0) is 15.5. The van der Waals surface area contributed by atoms with Gasteiger partial charge in [0.15, 0.2) is 0 Å². The molecule has 114 valence electrons. The van der Waals surface area contributed by atoms with Gasteiger partial charge in [0.2, 0.25) is 0 Å². The topological polar surface area (TPSA) is 21.3 Å². The lowest BCUT2D eigenvalue weighted by molar-refractivity contribution is 0.303. The molecular weight excluding hydrogens is 370 g/mol. The first-order valence-corrected chi connectivity index (χ1v) is 8.78. The number of thiophene rings is 1. The van der Waals surface area contributed by atoms with Gasteiger partial charge in [-0.1, -0.05) is 11.6 Å². The Morgan fingerprint density at radius 2 is 2.05 bits per heavy atom. The molecule has 1 aromatic carbocycles. The Labute approximate surface area is 143 Å². The molecule has 0 radical (unpaired) electrons. The van der Waals surface area contributed by atoms with Crippen molar-refractivity contribution < 1.29 is 4.74 Å². The molecule has 0 atom stereocenters. The van der Waals surface area contributed by atoms with Crippen molar-refractivity contribution >= 4 is 38.9 Å². The Hall–Kier alpha value is -0.550. The highest BCUT2D eigenvalue weighted by atomic mass is 79.9. The molecule has 0 saturated heterocycles. The average Bonchev–Trinajstić information content (AvgIpc) is 2.80. The molecule has 21 heavy (non-hydrogen) atoms. The molecule has 1 N–H and O–H groups in total. The number of benzene rings is 1. The summed E-state index contributed by atoms with van der Waals surface area (Å²) in [6.45, 7) is 7.72. The van der Waals surface area contributed by atoms with Crippen LogP contribution in [0.15, 0.2) is 34.1 Å². The normalized spacial score (nSPS) is 11.7. The van der Waals surface area contributed by atoms with Crippen molar-refractivity contribution in [3.8, 4) is 5.75 Å². The molecule has 0 aliphatic carbocycles. The van der Waals surface area contributed by atoms with Gasteiger partial charge in [-0.25, -0.2) is 0 Å². The first kappa shape index (κ1) is 16.8. The highest BCUT2D eigenvalue weighted by Crippen LogP contribution is 2.26. The van der Waals surface area contributed by atoms with E-state index in [0.29, 0.717) is 6.61 Å². The summed E-state index contributed by atoms with van der Waals surface area (Å²) in [6, 6.07) is 7.83. The van der Waals surface area contributed by atoms with Crippen LogP contribution in [0.1, 0.15) is 31.2 Å². The summed E-state index contributed by atoms with van der Waals surface area (Å²) in [5, 5.41) is 6.25. The van der Waals surface area contributed by atoms with Crippen LogP contribution in [-0.2, 0) is 13.2 Å². The van der Waals surface area contributed by atoms with Gasteiger partial charge < -0.3 is 10.1 Å². The van der Waals surface area contributed by atoms with E-state index in [-0.39, 0.29) is 5.54 Å². The molecule has 1 aromatic heterocycles. The third-order valence-corrected chi connectivity index (χ3v) is 4.73. The maximum atomic E-state index is 6.10. The largest absolute Gasteiger partial charge is 0.488 e. The molecule has 1 heterocycles. The number of halogens is 2. The Balaban J connectivity index is 2.07. The first-order chi connectivity index (χ1) is 9.83. The van der Waals surface area contributed by atoms with Crippen molar-refractivity contribution in [3.05, 3.63) is 49.6 Å². The number of nitrogens with one attached hydrogen (secondary N) is 1. The number of hydrogen-bond acceptors (Lipinski definition) is 3.